The van der Waals surface area contributed by atoms with Gasteiger partial charge in [0.05, 0.1) is 39.0 Å². The molecule has 1 aromatic carbocycles. The van der Waals surface area contributed by atoms with E-state index in [-0.39, 0.29) is 5.88 Å². The van der Waals surface area contributed by atoms with Crippen LogP contribution in [-0.2, 0) is 0 Å². The van der Waals surface area contributed by atoms with Crippen LogP contribution in [0.2, 0.25) is 10.0 Å². The fourth-order valence-electron chi connectivity index (χ4n) is 1.80. The Labute approximate surface area is 134 Å². The van der Waals surface area contributed by atoms with Gasteiger partial charge < -0.3 is 4.42 Å². The number of hydrogen-bond donors (Lipinski definition) is 0. The first-order valence-corrected chi connectivity index (χ1v) is 6.82. The highest BCUT2D eigenvalue weighted by Gasteiger charge is 2.10. The normalized spacial score (nSPS) is 11.4. The van der Waals surface area contributed by atoms with Crippen molar-refractivity contribution < 1.29 is 9.34 Å². The molecule has 0 saturated heterocycles. The van der Waals surface area contributed by atoms with Gasteiger partial charge in [-0.3, -0.25) is 15.1 Å². The minimum absolute atomic E-state index is 0.314. The molecule has 0 amide bonds. The van der Waals surface area contributed by atoms with Gasteiger partial charge in [0.2, 0.25) is 0 Å². The molecule has 0 aliphatic heterocycles. The summed E-state index contributed by atoms with van der Waals surface area (Å²) in [4.78, 5) is 18.5. The van der Waals surface area contributed by atoms with Gasteiger partial charge in [0, 0.05) is 0 Å². The lowest BCUT2D eigenvalue weighted by Crippen LogP contribution is -1.87. The van der Waals surface area contributed by atoms with Crippen LogP contribution in [-0.4, -0.2) is 14.9 Å². The average Bonchev–Trinajstić information content (AvgIpc) is 2.95. The quantitative estimate of drug-likeness (QED) is 0.515. The minimum atomic E-state index is -0.598. The summed E-state index contributed by atoms with van der Waals surface area (Å²) in [5.74, 6) is 0.0356. The number of nitro groups is 1. The standard InChI is InChI=1S/C14H7Cl2N3O3/c15-10-5-12-13(6-11(10)16)18-8(7-17-12)1-2-9-3-4-14(22-9)19(20)21/h1-7H. The van der Waals surface area contributed by atoms with Crippen LogP contribution in [0.5, 0.6) is 0 Å². The molecule has 2 aromatic heterocycles. The van der Waals surface area contributed by atoms with Crippen LogP contribution in [0.3, 0.4) is 0 Å². The highest BCUT2D eigenvalue weighted by molar-refractivity contribution is 6.42. The van der Waals surface area contributed by atoms with E-state index >= 15 is 0 Å². The number of benzene rings is 1. The van der Waals surface area contributed by atoms with Gasteiger partial charge in [-0.15, -0.1) is 0 Å². The molecule has 8 heteroatoms. The van der Waals surface area contributed by atoms with Gasteiger partial charge in [0.15, 0.2) is 0 Å². The van der Waals surface area contributed by atoms with Gasteiger partial charge in [0.1, 0.15) is 10.7 Å². The Bertz CT molecular complexity index is 905. The number of aromatic nitrogens is 2. The van der Waals surface area contributed by atoms with Crippen molar-refractivity contribution in [2.45, 2.75) is 0 Å². The molecule has 6 nitrogen and oxygen atoms in total. The smallest absolute Gasteiger partial charge is 0.401 e. The molecule has 110 valence electrons. The molecule has 0 bridgehead atoms. The monoisotopic (exact) mass is 335 g/mol. The molecule has 0 aliphatic carbocycles. The fourth-order valence-corrected chi connectivity index (χ4v) is 2.12. The van der Waals surface area contributed by atoms with Gasteiger partial charge in [-0.05, 0) is 30.4 Å². The second-order valence-electron chi connectivity index (χ2n) is 4.32. The third-order valence-electron chi connectivity index (χ3n) is 2.81. The van der Waals surface area contributed by atoms with E-state index in [0.717, 1.165) is 0 Å². The van der Waals surface area contributed by atoms with E-state index in [0.29, 0.717) is 32.5 Å². The van der Waals surface area contributed by atoms with Crippen LogP contribution in [0, 0.1) is 10.1 Å². The van der Waals surface area contributed by atoms with Crippen LogP contribution in [0.25, 0.3) is 23.2 Å². The second-order valence-corrected chi connectivity index (χ2v) is 5.13. The van der Waals surface area contributed by atoms with Crippen molar-refractivity contribution in [3.05, 3.63) is 62.1 Å². The third-order valence-corrected chi connectivity index (χ3v) is 3.54. The number of rotatable bonds is 3. The second kappa shape index (κ2) is 5.75. The summed E-state index contributed by atoms with van der Waals surface area (Å²) in [6.07, 6.45) is 4.76. The number of halogens is 2. The maximum absolute atomic E-state index is 10.5. The largest absolute Gasteiger partial charge is 0.433 e. The van der Waals surface area contributed by atoms with Crippen LogP contribution >= 0.6 is 23.2 Å². The van der Waals surface area contributed by atoms with Gasteiger partial charge in [-0.25, -0.2) is 4.98 Å². The molecule has 0 atom stereocenters. The molecular weight excluding hydrogens is 329 g/mol. The molecule has 0 spiro atoms. The molecule has 3 aromatic rings. The predicted octanol–water partition coefficient (Wildman–Crippen LogP) is 4.61. The molecular formula is C14H7Cl2N3O3. The Balaban J connectivity index is 1.91. The van der Waals surface area contributed by atoms with Crippen LogP contribution in [0.15, 0.2) is 34.9 Å². The molecule has 0 fully saturated rings. The van der Waals surface area contributed by atoms with Crippen molar-refractivity contribution in [2.24, 2.45) is 0 Å². The van der Waals surface area contributed by atoms with Crippen molar-refractivity contribution in [2.75, 3.05) is 0 Å². The van der Waals surface area contributed by atoms with Crippen molar-refractivity contribution in [1.29, 1.82) is 0 Å². The maximum Gasteiger partial charge on any atom is 0.433 e. The Hall–Kier alpha value is -2.44. The molecule has 0 N–H and O–H groups in total. The SMILES string of the molecule is O=[N+]([O-])c1ccc(C=Cc2cnc3cc(Cl)c(Cl)cc3n2)o1. The summed E-state index contributed by atoms with van der Waals surface area (Å²) >= 11 is 11.9. The Morgan fingerprint density at radius 1 is 1.14 bits per heavy atom. The summed E-state index contributed by atoms with van der Waals surface area (Å²) < 4.78 is 5.02. The zero-order valence-electron chi connectivity index (χ0n) is 10.9. The van der Waals surface area contributed by atoms with E-state index < -0.39 is 4.92 Å². The number of hydrogen-bond acceptors (Lipinski definition) is 5. The first kappa shape index (κ1) is 14.5. The Kier molecular flexibility index (Phi) is 3.79. The van der Waals surface area contributed by atoms with Crippen LogP contribution in [0.4, 0.5) is 5.88 Å². The van der Waals surface area contributed by atoms with Crippen molar-refractivity contribution >= 4 is 52.3 Å². The highest BCUT2D eigenvalue weighted by atomic mass is 35.5. The van der Waals surface area contributed by atoms with E-state index in [1.54, 1.807) is 30.5 Å². The summed E-state index contributed by atoms with van der Waals surface area (Å²) in [6.45, 7) is 0. The predicted molar refractivity (Wildman–Crippen MR) is 83.8 cm³/mol. The minimum Gasteiger partial charge on any atom is -0.401 e. The number of fused-ring (bicyclic) bond motifs is 1. The van der Waals surface area contributed by atoms with Gasteiger partial charge in [-0.2, -0.15) is 0 Å². The van der Waals surface area contributed by atoms with Crippen molar-refractivity contribution in [3.8, 4) is 0 Å². The van der Waals surface area contributed by atoms with Crippen LogP contribution in [0.1, 0.15) is 11.5 Å². The summed E-state index contributed by atoms with van der Waals surface area (Å²) in [7, 11) is 0. The Morgan fingerprint density at radius 3 is 2.55 bits per heavy atom. The zero-order chi connectivity index (χ0) is 15.7. The molecule has 0 unspecified atom stereocenters. The lowest BCUT2D eigenvalue weighted by Gasteiger charge is -2.00. The van der Waals surface area contributed by atoms with E-state index in [1.807, 2.05) is 0 Å². The van der Waals surface area contributed by atoms with E-state index in [9.17, 15) is 10.1 Å². The van der Waals surface area contributed by atoms with Gasteiger partial charge in [0.25, 0.3) is 0 Å². The summed E-state index contributed by atoms with van der Waals surface area (Å²) in [5, 5.41) is 11.3. The van der Waals surface area contributed by atoms with Crippen LogP contribution < -0.4 is 0 Å². The summed E-state index contributed by atoms with van der Waals surface area (Å²) in [6, 6.07) is 6.05. The van der Waals surface area contributed by atoms with Crippen molar-refractivity contribution in [1.82, 2.24) is 9.97 Å². The van der Waals surface area contributed by atoms with Crippen molar-refractivity contribution in [3.63, 3.8) is 0 Å². The highest BCUT2D eigenvalue weighted by Crippen LogP contribution is 2.26. The zero-order valence-corrected chi connectivity index (χ0v) is 12.4. The van der Waals surface area contributed by atoms with E-state index in [4.69, 9.17) is 27.6 Å². The lowest BCUT2D eigenvalue weighted by atomic mass is 10.3. The van der Waals surface area contributed by atoms with E-state index in [1.165, 1.54) is 12.1 Å². The lowest BCUT2D eigenvalue weighted by molar-refractivity contribution is -0.402. The Morgan fingerprint density at radius 2 is 1.86 bits per heavy atom. The number of nitrogens with zero attached hydrogens (tertiary/aromatic N) is 3. The average molecular weight is 336 g/mol. The first-order chi connectivity index (χ1) is 10.5. The fraction of sp³-hybridized carbons (Fsp3) is 0. The number of furan rings is 1. The van der Waals surface area contributed by atoms with Gasteiger partial charge >= 0.3 is 5.88 Å². The molecule has 0 saturated carbocycles. The first-order valence-electron chi connectivity index (χ1n) is 6.07. The summed E-state index contributed by atoms with van der Waals surface area (Å²) in [5.41, 5.74) is 1.78. The maximum atomic E-state index is 10.5. The van der Waals surface area contributed by atoms with Gasteiger partial charge in [-0.1, -0.05) is 23.2 Å². The molecule has 22 heavy (non-hydrogen) atoms. The molecule has 3 rings (SSSR count). The van der Waals surface area contributed by atoms with E-state index in [2.05, 4.69) is 9.97 Å². The molecule has 0 aliphatic rings. The molecule has 2 heterocycles. The third kappa shape index (κ3) is 2.93. The molecule has 0 radical (unpaired) electrons. The topological polar surface area (TPSA) is 82.1 Å².